The highest BCUT2D eigenvalue weighted by Gasteiger charge is 2.27. The molecule has 5 aromatic carbocycles. The van der Waals surface area contributed by atoms with Crippen LogP contribution in [0.4, 0.5) is 27.5 Å². The standard InChI is InChI=1S/C29H24N4O16S6/c34-27-25-17(13-24(53(41,42)43)26(27)33-32-22-9-8-16-4-1-2-7-21(16)28(22)54(44,45)46)12-20(52(38,39)40)15-23(25)31-29(35)30-18-5-3-6-19(14-18)51(36,37)11-10-50-55(47,48)49/h1-9,12-15,34H,10-11H2,(H2,30,31,35)(H,38,39,40)(H,41,42,43)(H,44,45,46)(H,47,48,49)/b33-32+. The number of nitrogens with one attached hydrogen (secondary N) is 2. The molecule has 0 spiro atoms. The van der Waals surface area contributed by atoms with Gasteiger partial charge in [-0.1, -0.05) is 36.4 Å². The second-order valence-corrected chi connectivity index (χ2v) is 20.8. The SMILES string of the molecule is O=C(Nc1cccc(S(=O)(=O)CCSS(=O)(=O)O)c1)Nc1cc(S(=O)(=O)O)cc2cc(S(=O)(=O)O)c(/N=N/c3ccc4ccccc4c3S(=O)(=O)O)c(O)c12. The normalized spacial score (nSPS) is 13.0. The smallest absolute Gasteiger partial charge is 0.323 e. The lowest BCUT2D eigenvalue weighted by Gasteiger charge is -2.15. The Morgan fingerprint density at radius 3 is 2.00 bits per heavy atom. The summed E-state index contributed by atoms with van der Waals surface area (Å²) in [6.45, 7) is 0. The van der Waals surface area contributed by atoms with Gasteiger partial charge < -0.3 is 15.7 Å². The number of carbonyl (C=O) groups is 1. The zero-order chi connectivity index (χ0) is 40.7. The van der Waals surface area contributed by atoms with Crippen LogP contribution in [0.2, 0.25) is 0 Å². The molecule has 0 fully saturated rings. The van der Waals surface area contributed by atoms with Gasteiger partial charge >= 0.3 is 15.2 Å². The van der Waals surface area contributed by atoms with E-state index in [0.717, 1.165) is 18.2 Å². The first-order valence-electron chi connectivity index (χ1n) is 14.6. The summed E-state index contributed by atoms with van der Waals surface area (Å²) in [7, 11) is -24.2. The van der Waals surface area contributed by atoms with Crippen LogP contribution in [0, 0.1) is 0 Å². The van der Waals surface area contributed by atoms with E-state index < -0.39 is 115 Å². The second kappa shape index (κ2) is 15.0. The summed E-state index contributed by atoms with van der Waals surface area (Å²) in [6.07, 6.45) is 0. The molecule has 5 aromatic rings. The van der Waals surface area contributed by atoms with E-state index in [1.54, 1.807) is 6.07 Å². The third-order valence-corrected chi connectivity index (χ3v) is 14.0. The van der Waals surface area contributed by atoms with Crippen molar-refractivity contribution < 1.29 is 70.2 Å². The van der Waals surface area contributed by atoms with E-state index in [4.69, 9.17) is 4.55 Å². The maximum absolute atomic E-state index is 13.2. The largest absolute Gasteiger partial charge is 0.505 e. The minimum atomic E-state index is -5.37. The number of carbonyl (C=O) groups excluding carboxylic acids is 1. The van der Waals surface area contributed by atoms with E-state index in [1.807, 2.05) is 0 Å². The molecule has 55 heavy (non-hydrogen) atoms. The first kappa shape index (κ1) is 41.4. The van der Waals surface area contributed by atoms with Crippen LogP contribution in [0.3, 0.4) is 0 Å². The number of amides is 2. The molecule has 0 unspecified atom stereocenters. The van der Waals surface area contributed by atoms with Crippen LogP contribution in [0.15, 0.2) is 109 Å². The lowest BCUT2D eigenvalue weighted by atomic mass is 10.1. The molecular weight excluding hydrogens is 853 g/mol. The average Bonchev–Trinajstić information content (AvgIpc) is 3.05. The second-order valence-electron chi connectivity index (χ2n) is 11.1. The van der Waals surface area contributed by atoms with Gasteiger partial charge in [0.25, 0.3) is 30.4 Å². The molecule has 0 aliphatic rings. The van der Waals surface area contributed by atoms with Crippen LogP contribution in [0.5, 0.6) is 5.75 Å². The number of azo groups is 1. The number of phenolic OH excluding ortho intramolecular Hbond substituents is 1. The van der Waals surface area contributed by atoms with Gasteiger partial charge in [0, 0.05) is 22.2 Å². The maximum atomic E-state index is 13.2. The third-order valence-electron chi connectivity index (χ3n) is 7.36. The number of anilines is 2. The first-order chi connectivity index (χ1) is 25.3. The molecule has 0 aromatic heterocycles. The zero-order valence-electron chi connectivity index (χ0n) is 27.0. The topological polar surface area (TPSA) is 338 Å². The van der Waals surface area contributed by atoms with E-state index in [1.165, 1.54) is 36.4 Å². The van der Waals surface area contributed by atoms with E-state index in [-0.39, 0.29) is 26.8 Å². The molecule has 0 saturated heterocycles. The Labute approximate surface area is 315 Å². The maximum Gasteiger partial charge on any atom is 0.323 e. The van der Waals surface area contributed by atoms with E-state index in [2.05, 4.69) is 20.9 Å². The molecule has 0 aliphatic carbocycles. The zero-order valence-corrected chi connectivity index (χ0v) is 31.9. The molecule has 7 N–H and O–H groups in total. The fourth-order valence-electron chi connectivity index (χ4n) is 5.10. The van der Waals surface area contributed by atoms with Crippen molar-refractivity contribution in [2.45, 2.75) is 19.6 Å². The van der Waals surface area contributed by atoms with Crippen molar-refractivity contribution in [3.05, 3.63) is 78.9 Å². The number of sulfone groups is 1. The van der Waals surface area contributed by atoms with E-state index in [0.29, 0.717) is 23.6 Å². The number of benzene rings is 5. The van der Waals surface area contributed by atoms with Crippen molar-refractivity contribution in [1.82, 2.24) is 0 Å². The highest BCUT2D eigenvalue weighted by molar-refractivity contribution is 8.70. The number of hydrogen-bond acceptors (Lipinski definition) is 15. The summed E-state index contributed by atoms with van der Waals surface area (Å²) in [5.41, 5.74) is -2.44. The molecule has 0 radical (unpaired) electrons. The highest BCUT2D eigenvalue weighted by Crippen LogP contribution is 2.46. The lowest BCUT2D eigenvalue weighted by molar-refractivity contribution is 0.262. The van der Waals surface area contributed by atoms with Crippen LogP contribution >= 0.6 is 10.8 Å². The number of phenols is 1. The number of hydrogen-bond donors (Lipinski definition) is 7. The van der Waals surface area contributed by atoms with Gasteiger partial charge in [0.15, 0.2) is 15.6 Å². The van der Waals surface area contributed by atoms with Crippen molar-refractivity contribution >= 4 is 110 Å². The number of aromatic hydroxyl groups is 1. The van der Waals surface area contributed by atoms with Crippen molar-refractivity contribution in [1.29, 1.82) is 0 Å². The van der Waals surface area contributed by atoms with Gasteiger partial charge in [0.1, 0.15) is 21.2 Å². The van der Waals surface area contributed by atoms with Gasteiger partial charge in [-0.2, -0.15) is 33.7 Å². The van der Waals surface area contributed by atoms with E-state index in [9.17, 15) is 65.6 Å². The molecule has 20 nitrogen and oxygen atoms in total. The summed E-state index contributed by atoms with van der Waals surface area (Å²) in [5.74, 6) is -2.45. The quantitative estimate of drug-likeness (QED) is 0.0502. The lowest BCUT2D eigenvalue weighted by Crippen LogP contribution is -2.20. The van der Waals surface area contributed by atoms with Gasteiger partial charge in [0.05, 0.1) is 21.2 Å². The summed E-state index contributed by atoms with van der Waals surface area (Å²) in [6, 6.07) is 13.5. The predicted octanol–water partition coefficient (Wildman–Crippen LogP) is 4.81. The van der Waals surface area contributed by atoms with Gasteiger partial charge in [-0.05, 0) is 64.0 Å². The van der Waals surface area contributed by atoms with Crippen LogP contribution < -0.4 is 10.6 Å². The van der Waals surface area contributed by atoms with Crippen LogP contribution in [-0.4, -0.2) is 82.9 Å². The first-order valence-corrected chi connectivity index (χ1v) is 23.5. The van der Waals surface area contributed by atoms with Crippen molar-refractivity contribution in [2.75, 3.05) is 22.1 Å². The molecule has 0 heterocycles. The summed E-state index contributed by atoms with van der Waals surface area (Å²) < 4.78 is 160. The van der Waals surface area contributed by atoms with Crippen LogP contribution in [-0.2, 0) is 49.3 Å². The summed E-state index contributed by atoms with van der Waals surface area (Å²) >= 11 is 0. The number of fused-ring (bicyclic) bond motifs is 2. The van der Waals surface area contributed by atoms with Crippen LogP contribution in [0.1, 0.15) is 0 Å². The minimum Gasteiger partial charge on any atom is -0.505 e. The Bertz CT molecular complexity index is 3010. The van der Waals surface area contributed by atoms with Crippen molar-refractivity contribution in [3.8, 4) is 5.75 Å². The molecule has 292 valence electrons. The summed E-state index contributed by atoms with van der Waals surface area (Å²) in [4.78, 5) is 9.89. The molecule has 2 amide bonds. The number of nitrogens with zero attached hydrogens (tertiary/aromatic N) is 2. The van der Waals surface area contributed by atoms with Crippen LogP contribution in [0.25, 0.3) is 21.5 Å². The molecule has 5 rings (SSSR count). The number of urea groups is 1. The van der Waals surface area contributed by atoms with E-state index >= 15 is 0 Å². The molecular formula is C29H24N4O16S6. The van der Waals surface area contributed by atoms with Gasteiger partial charge in [-0.25, -0.2) is 13.2 Å². The molecule has 0 bridgehead atoms. The molecule has 0 saturated carbocycles. The predicted molar refractivity (Wildman–Crippen MR) is 198 cm³/mol. The highest BCUT2D eigenvalue weighted by atomic mass is 33.1. The van der Waals surface area contributed by atoms with Gasteiger partial charge in [-0.3, -0.25) is 18.2 Å². The number of rotatable bonds is 12. The third kappa shape index (κ3) is 9.73. The average molecular weight is 877 g/mol. The summed E-state index contributed by atoms with van der Waals surface area (Å²) in [5, 5.41) is 22.4. The Hall–Kier alpha value is -4.77. The Morgan fingerprint density at radius 1 is 0.673 bits per heavy atom. The van der Waals surface area contributed by atoms with Crippen molar-refractivity contribution in [2.24, 2.45) is 10.2 Å². The Kier molecular flexibility index (Phi) is 11.3. The fraction of sp³-hybridized carbons (Fsp3) is 0.0690. The van der Waals surface area contributed by atoms with Crippen molar-refractivity contribution in [3.63, 3.8) is 0 Å². The molecule has 0 aliphatic heterocycles. The Balaban J connectivity index is 1.61. The molecule has 26 heteroatoms. The Morgan fingerprint density at radius 2 is 1.36 bits per heavy atom. The molecule has 0 atom stereocenters. The van der Waals surface area contributed by atoms with Gasteiger partial charge in [-0.15, -0.1) is 10.2 Å². The monoisotopic (exact) mass is 876 g/mol. The van der Waals surface area contributed by atoms with Gasteiger partial charge in [0.2, 0.25) is 0 Å². The fourth-order valence-corrected chi connectivity index (χ4v) is 10.6. The minimum absolute atomic E-state index is 0.0197.